The van der Waals surface area contributed by atoms with Gasteiger partial charge in [0.15, 0.2) is 0 Å². The van der Waals surface area contributed by atoms with E-state index in [-0.39, 0.29) is 0 Å². The summed E-state index contributed by atoms with van der Waals surface area (Å²) in [5, 5.41) is 10.4. The Morgan fingerprint density at radius 1 is 1.65 bits per heavy atom. The lowest BCUT2D eigenvalue weighted by Gasteiger charge is -2.06. The summed E-state index contributed by atoms with van der Waals surface area (Å²) in [4.78, 5) is 23.9. The van der Waals surface area contributed by atoms with Crippen LogP contribution in [0, 0.1) is 10.1 Å². The maximum atomic E-state index is 12.6. The van der Waals surface area contributed by atoms with E-state index in [4.69, 9.17) is 5.73 Å². The standard InChI is InChI=1S/C8H7F2N3O4/c1-17-8(14)6-5(7(9)10)3(11)2-4(12-6)13(15)16/h2,7H,1H3,(H2,11,12). The lowest BCUT2D eigenvalue weighted by molar-refractivity contribution is -0.389. The quantitative estimate of drug-likeness (QED) is 0.489. The molecule has 0 radical (unpaired) electrons. The van der Waals surface area contributed by atoms with Gasteiger partial charge in [0.25, 0.3) is 12.1 Å². The molecule has 0 saturated carbocycles. The predicted octanol–water partition coefficient (Wildman–Crippen LogP) is 1.30. The highest BCUT2D eigenvalue weighted by Crippen LogP contribution is 2.30. The van der Waals surface area contributed by atoms with E-state index in [0.717, 1.165) is 7.11 Å². The third-order valence-electron chi connectivity index (χ3n) is 1.86. The van der Waals surface area contributed by atoms with Crippen LogP contribution in [0.2, 0.25) is 0 Å². The number of nitrogens with two attached hydrogens (primary N) is 1. The molecule has 0 aliphatic carbocycles. The van der Waals surface area contributed by atoms with Crippen molar-refractivity contribution in [1.29, 1.82) is 0 Å². The number of methoxy groups -OCH3 is 1. The van der Waals surface area contributed by atoms with Crippen LogP contribution in [0.4, 0.5) is 20.3 Å². The number of aromatic nitrogens is 1. The molecule has 17 heavy (non-hydrogen) atoms. The Kier molecular flexibility index (Phi) is 3.51. The highest BCUT2D eigenvalue weighted by atomic mass is 19.3. The van der Waals surface area contributed by atoms with Gasteiger partial charge in [-0.05, 0) is 9.91 Å². The van der Waals surface area contributed by atoms with E-state index in [1.165, 1.54) is 0 Å². The molecule has 0 fully saturated rings. The zero-order chi connectivity index (χ0) is 13.2. The second-order valence-electron chi connectivity index (χ2n) is 2.88. The van der Waals surface area contributed by atoms with Gasteiger partial charge in [0.1, 0.15) is 0 Å². The molecule has 2 N–H and O–H groups in total. The first-order valence-corrected chi connectivity index (χ1v) is 4.19. The Morgan fingerprint density at radius 3 is 2.65 bits per heavy atom. The van der Waals surface area contributed by atoms with Gasteiger partial charge >= 0.3 is 11.8 Å². The van der Waals surface area contributed by atoms with Crippen LogP contribution in [0.25, 0.3) is 0 Å². The van der Waals surface area contributed by atoms with Crippen LogP contribution in [-0.4, -0.2) is 23.0 Å². The maximum absolute atomic E-state index is 12.6. The number of nitrogens with zero attached hydrogens (tertiary/aromatic N) is 2. The molecule has 0 bridgehead atoms. The van der Waals surface area contributed by atoms with Gasteiger partial charge in [0, 0.05) is 0 Å². The van der Waals surface area contributed by atoms with Gasteiger partial charge in [-0.1, -0.05) is 0 Å². The molecule has 0 saturated heterocycles. The van der Waals surface area contributed by atoms with E-state index < -0.39 is 40.1 Å². The molecule has 1 heterocycles. The van der Waals surface area contributed by atoms with Crippen molar-refractivity contribution in [1.82, 2.24) is 4.98 Å². The molecule has 92 valence electrons. The summed E-state index contributed by atoms with van der Waals surface area (Å²) in [6.45, 7) is 0. The molecule has 0 aliphatic rings. The predicted molar refractivity (Wildman–Crippen MR) is 51.6 cm³/mol. The molecule has 7 nitrogen and oxygen atoms in total. The third-order valence-corrected chi connectivity index (χ3v) is 1.86. The molecule has 0 aliphatic heterocycles. The van der Waals surface area contributed by atoms with E-state index in [1.807, 2.05) is 0 Å². The Morgan fingerprint density at radius 2 is 2.24 bits per heavy atom. The zero-order valence-corrected chi connectivity index (χ0v) is 8.52. The Balaban J connectivity index is 3.50. The third kappa shape index (κ3) is 2.44. The molecule has 0 amide bonds. The number of nitrogen functional groups attached to an aromatic ring is 1. The normalized spacial score (nSPS) is 10.4. The zero-order valence-electron chi connectivity index (χ0n) is 8.52. The molecular weight excluding hydrogens is 240 g/mol. The first-order chi connectivity index (χ1) is 7.88. The van der Waals surface area contributed by atoms with Gasteiger partial charge in [-0.15, -0.1) is 0 Å². The molecule has 1 rings (SSSR count). The summed E-state index contributed by atoms with van der Waals surface area (Å²) < 4.78 is 29.4. The van der Waals surface area contributed by atoms with Gasteiger partial charge in [-0.25, -0.2) is 13.6 Å². The smallest absolute Gasteiger partial charge is 0.383 e. The minimum Gasteiger partial charge on any atom is -0.463 e. The number of alkyl halides is 2. The van der Waals surface area contributed by atoms with Gasteiger partial charge in [0.2, 0.25) is 0 Å². The van der Waals surface area contributed by atoms with Crippen molar-refractivity contribution in [2.24, 2.45) is 0 Å². The number of esters is 1. The fraction of sp³-hybridized carbons (Fsp3) is 0.250. The summed E-state index contributed by atoms with van der Waals surface area (Å²) in [7, 11) is 0.939. The molecule has 9 heteroatoms. The van der Waals surface area contributed by atoms with Crippen molar-refractivity contribution >= 4 is 17.5 Å². The van der Waals surface area contributed by atoms with E-state index in [9.17, 15) is 23.7 Å². The minimum atomic E-state index is -3.09. The Labute approximate surface area is 93.3 Å². The van der Waals surface area contributed by atoms with Crippen molar-refractivity contribution < 1.29 is 23.2 Å². The first kappa shape index (κ1) is 12.7. The monoisotopic (exact) mass is 247 g/mol. The van der Waals surface area contributed by atoms with Gasteiger partial charge < -0.3 is 20.6 Å². The molecule has 1 aromatic heterocycles. The number of hydrogen-bond acceptors (Lipinski definition) is 6. The number of carbonyl (C=O) groups excluding carboxylic acids is 1. The molecule has 0 spiro atoms. The van der Waals surface area contributed by atoms with E-state index >= 15 is 0 Å². The van der Waals surface area contributed by atoms with Crippen molar-refractivity contribution in [3.63, 3.8) is 0 Å². The minimum absolute atomic E-state index is 0.581. The maximum Gasteiger partial charge on any atom is 0.383 e. The highest BCUT2D eigenvalue weighted by Gasteiger charge is 2.30. The van der Waals surface area contributed by atoms with Crippen molar-refractivity contribution in [2.75, 3.05) is 12.8 Å². The summed E-state index contributed by atoms with van der Waals surface area (Å²) in [6.07, 6.45) is -3.09. The molecular formula is C8H7F2N3O4. The van der Waals surface area contributed by atoms with Crippen LogP contribution in [0.1, 0.15) is 22.5 Å². The fourth-order valence-electron chi connectivity index (χ4n) is 1.14. The summed E-state index contributed by atoms with van der Waals surface area (Å²) in [5.74, 6) is -2.01. The fourth-order valence-corrected chi connectivity index (χ4v) is 1.14. The van der Waals surface area contributed by atoms with Crippen molar-refractivity contribution in [3.05, 3.63) is 27.4 Å². The first-order valence-electron chi connectivity index (χ1n) is 4.19. The SMILES string of the molecule is COC(=O)c1nc([N+](=O)[O-])cc(N)c1C(F)F. The van der Waals surface area contributed by atoms with Crippen molar-refractivity contribution in [3.8, 4) is 0 Å². The topological polar surface area (TPSA) is 108 Å². The number of anilines is 1. The van der Waals surface area contributed by atoms with Crippen LogP contribution >= 0.6 is 0 Å². The highest BCUT2D eigenvalue weighted by molar-refractivity contribution is 5.91. The van der Waals surface area contributed by atoms with Gasteiger partial charge in [-0.2, -0.15) is 0 Å². The number of halogens is 2. The van der Waals surface area contributed by atoms with Crippen LogP contribution in [0.5, 0.6) is 0 Å². The number of rotatable bonds is 3. The molecule has 1 aromatic rings. The molecule has 0 unspecified atom stereocenters. The van der Waals surface area contributed by atoms with Crippen molar-refractivity contribution in [2.45, 2.75) is 6.43 Å². The largest absolute Gasteiger partial charge is 0.463 e. The van der Waals surface area contributed by atoms with Crippen LogP contribution in [-0.2, 0) is 4.74 Å². The second-order valence-corrected chi connectivity index (χ2v) is 2.88. The number of nitro groups is 1. The summed E-state index contributed by atoms with van der Waals surface area (Å²) in [5.41, 5.74) is 2.91. The van der Waals surface area contributed by atoms with E-state index in [1.54, 1.807) is 0 Å². The second kappa shape index (κ2) is 4.68. The van der Waals surface area contributed by atoms with E-state index in [2.05, 4.69) is 9.72 Å². The lowest BCUT2D eigenvalue weighted by atomic mass is 10.1. The van der Waals surface area contributed by atoms with Crippen LogP contribution in [0.15, 0.2) is 6.07 Å². The van der Waals surface area contributed by atoms with Gasteiger partial charge in [-0.3, -0.25) is 0 Å². The Hall–Kier alpha value is -2.32. The summed E-state index contributed by atoms with van der Waals surface area (Å²) in [6, 6.07) is 0.661. The number of pyridine rings is 1. The molecule has 0 aromatic carbocycles. The average molecular weight is 247 g/mol. The Bertz CT molecular complexity index is 478. The lowest BCUT2D eigenvalue weighted by Crippen LogP contribution is -2.13. The average Bonchev–Trinajstić information content (AvgIpc) is 2.26. The molecule has 0 atom stereocenters. The number of carbonyl (C=O) groups is 1. The van der Waals surface area contributed by atoms with Crippen LogP contribution in [0.3, 0.4) is 0 Å². The number of ether oxygens (including phenoxy) is 1. The van der Waals surface area contributed by atoms with Crippen LogP contribution < -0.4 is 5.73 Å². The number of hydrogen-bond donors (Lipinski definition) is 1. The van der Waals surface area contributed by atoms with E-state index in [0.29, 0.717) is 6.07 Å². The summed E-state index contributed by atoms with van der Waals surface area (Å²) >= 11 is 0. The van der Waals surface area contributed by atoms with Gasteiger partial charge in [0.05, 0.1) is 24.4 Å².